The second kappa shape index (κ2) is 4.18. The number of hydrogen-bond acceptors (Lipinski definition) is 1. The highest BCUT2D eigenvalue weighted by Crippen LogP contribution is 2.24. The quantitative estimate of drug-likeness (QED) is 0.707. The molecule has 1 nitrogen and oxygen atoms in total. The van der Waals surface area contributed by atoms with Crippen LogP contribution in [0.5, 0.6) is 11.5 Å². The Morgan fingerprint density at radius 1 is 1.00 bits per heavy atom. The monoisotopic (exact) mass is 197 g/mol. The fourth-order valence-electron chi connectivity index (χ4n) is 1.41. The zero-order valence-electron chi connectivity index (χ0n) is 8.73. The molecule has 0 atom stereocenters. The Morgan fingerprint density at radius 3 is 2.53 bits per heavy atom. The van der Waals surface area contributed by atoms with E-state index in [0.29, 0.717) is 0 Å². The van der Waals surface area contributed by atoms with Crippen molar-refractivity contribution in [2.75, 3.05) is 0 Å². The van der Waals surface area contributed by atoms with Crippen LogP contribution < -0.4 is 4.74 Å². The highest BCUT2D eigenvalue weighted by Gasteiger charge is 1.99. The average molecular weight is 197 g/mol. The zero-order chi connectivity index (χ0) is 10.7. The number of rotatable bonds is 2. The Bertz CT molecular complexity index is 460. The van der Waals surface area contributed by atoms with E-state index in [0.717, 1.165) is 22.6 Å². The van der Waals surface area contributed by atoms with E-state index in [9.17, 15) is 0 Å². The minimum absolute atomic E-state index is 0.830. The highest BCUT2D eigenvalue weighted by molar-refractivity contribution is 5.38. The van der Waals surface area contributed by atoms with Gasteiger partial charge in [0.15, 0.2) is 0 Å². The molecule has 2 aromatic carbocycles. The summed E-state index contributed by atoms with van der Waals surface area (Å²) in [5.74, 6) is 1.72. The number of aryl methyl sites for hydroxylation is 1. The van der Waals surface area contributed by atoms with Crippen LogP contribution in [-0.2, 0) is 0 Å². The van der Waals surface area contributed by atoms with Crippen LogP contribution >= 0.6 is 0 Å². The molecule has 1 heteroatoms. The molecule has 15 heavy (non-hydrogen) atoms. The van der Waals surface area contributed by atoms with Gasteiger partial charge in [-0.2, -0.15) is 0 Å². The summed E-state index contributed by atoms with van der Waals surface area (Å²) < 4.78 is 5.75. The summed E-state index contributed by atoms with van der Waals surface area (Å²) in [7, 11) is 0. The van der Waals surface area contributed by atoms with E-state index >= 15 is 0 Å². The van der Waals surface area contributed by atoms with Crippen LogP contribution in [0.4, 0.5) is 0 Å². The van der Waals surface area contributed by atoms with Crippen LogP contribution in [0.15, 0.2) is 48.5 Å². The first-order valence-electron chi connectivity index (χ1n) is 4.91. The van der Waals surface area contributed by atoms with Crippen LogP contribution in [-0.4, -0.2) is 0 Å². The van der Waals surface area contributed by atoms with Crippen molar-refractivity contribution in [2.45, 2.75) is 6.92 Å². The van der Waals surface area contributed by atoms with Crippen molar-refractivity contribution >= 4 is 0 Å². The van der Waals surface area contributed by atoms with Gasteiger partial charge in [-0.15, -0.1) is 0 Å². The first-order chi connectivity index (χ1) is 7.25. The topological polar surface area (TPSA) is 9.23 Å². The smallest absolute Gasteiger partial charge is 0.130 e. The summed E-state index contributed by atoms with van der Waals surface area (Å²) in [4.78, 5) is 0. The maximum absolute atomic E-state index is 5.75. The van der Waals surface area contributed by atoms with Gasteiger partial charge in [-0.05, 0) is 43.2 Å². The SMILES string of the molecule is [CH2]c1cccc(Oc2ccccc2C)c1. The summed E-state index contributed by atoms with van der Waals surface area (Å²) in [5.41, 5.74) is 2.09. The lowest BCUT2D eigenvalue weighted by molar-refractivity contribution is 0.478. The molecule has 0 unspecified atom stereocenters. The van der Waals surface area contributed by atoms with Crippen molar-refractivity contribution in [3.8, 4) is 11.5 Å². The van der Waals surface area contributed by atoms with Gasteiger partial charge < -0.3 is 4.74 Å². The highest BCUT2D eigenvalue weighted by atomic mass is 16.5. The van der Waals surface area contributed by atoms with E-state index in [1.807, 2.05) is 55.5 Å². The standard InChI is InChI=1S/C14H13O/c1-11-6-5-8-13(10-11)15-14-9-4-3-7-12(14)2/h3-10H,1H2,2H3. The van der Waals surface area contributed by atoms with Crippen LogP contribution in [0.3, 0.4) is 0 Å². The summed E-state index contributed by atoms with van der Waals surface area (Å²) in [6.45, 7) is 5.90. The molecule has 0 aliphatic heterocycles. The Balaban J connectivity index is 2.26. The molecule has 75 valence electrons. The van der Waals surface area contributed by atoms with E-state index in [1.54, 1.807) is 0 Å². The fourth-order valence-corrected chi connectivity index (χ4v) is 1.41. The van der Waals surface area contributed by atoms with Crippen LogP contribution in [0.2, 0.25) is 0 Å². The molecule has 1 radical (unpaired) electrons. The van der Waals surface area contributed by atoms with E-state index in [4.69, 9.17) is 4.74 Å². The van der Waals surface area contributed by atoms with Crippen molar-refractivity contribution in [1.29, 1.82) is 0 Å². The van der Waals surface area contributed by atoms with Crippen molar-refractivity contribution < 1.29 is 4.74 Å². The molecule has 0 fully saturated rings. The largest absolute Gasteiger partial charge is 0.457 e. The first kappa shape index (κ1) is 9.78. The van der Waals surface area contributed by atoms with Crippen molar-refractivity contribution in [1.82, 2.24) is 0 Å². The lowest BCUT2D eigenvalue weighted by Gasteiger charge is -2.08. The van der Waals surface area contributed by atoms with E-state index < -0.39 is 0 Å². The molecule has 0 amide bonds. The van der Waals surface area contributed by atoms with Gasteiger partial charge in [-0.1, -0.05) is 30.3 Å². The molecule has 0 spiro atoms. The second-order valence-corrected chi connectivity index (χ2v) is 3.51. The van der Waals surface area contributed by atoms with Crippen LogP contribution in [0, 0.1) is 13.8 Å². The van der Waals surface area contributed by atoms with Gasteiger partial charge in [0.05, 0.1) is 0 Å². The molecule has 0 bridgehead atoms. The maximum Gasteiger partial charge on any atom is 0.130 e. The van der Waals surface area contributed by atoms with E-state index in [2.05, 4.69) is 6.92 Å². The molecule has 0 saturated carbocycles. The Labute approximate surface area is 90.3 Å². The Kier molecular flexibility index (Phi) is 2.72. The molecule has 0 aliphatic carbocycles. The summed E-state index contributed by atoms with van der Waals surface area (Å²) >= 11 is 0. The number of ether oxygens (including phenoxy) is 1. The molecule has 0 saturated heterocycles. The fraction of sp³-hybridized carbons (Fsp3) is 0.0714. The van der Waals surface area contributed by atoms with Crippen molar-refractivity contribution in [3.63, 3.8) is 0 Å². The van der Waals surface area contributed by atoms with E-state index in [-0.39, 0.29) is 0 Å². The number of benzene rings is 2. The van der Waals surface area contributed by atoms with Gasteiger partial charge in [0.2, 0.25) is 0 Å². The number of hydrogen-bond donors (Lipinski definition) is 0. The molecule has 0 aliphatic rings. The molecule has 0 aromatic heterocycles. The first-order valence-corrected chi connectivity index (χ1v) is 4.91. The summed E-state index contributed by atoms with van der Waals surface area (Å²) in [6, 6.07) is 15.7. The second-order valence-electron chi connectivity index (χ2n) is 3.51. The van der Waals surface area contributed by atoms with Gasteiger partial charge in [-0.3, -0.25) is 0 Å². The van der Waals surface area contributed by atoms with Gasteiger partial charge in [0.1, 0.15) is 11.5 Å². The molecule has 0 N–H and O–H groups in total. The zero-order valence-corrected chi connectivity index (χ0v) is 8.73. The van der Waals surface area contributed by atoms with Crippen LogP contribution in [0.25, 0.3) is 0 Å². The maximum atomic E-state index is 5.75. The summed E-state index contributed by atoms with van der Waals surface area (Å²) in [5, 5.41) is 0. The summed E-state index contributed by atoms with van der Waals surface area (Å²) in [6.07, 6.45) is 0. The van der Waals surface area contributed by atoms with Gasteiger partial charge in [0, 0.05) is 0 Å². The molecule has 2 aromatic rings. The normalized spacial score (nSPS) is 10.0. The van der Waals surface area contributed by atoms with Gasteiger partial charge in [-0.25, -0.2) is 0 Å². The van der Waals surface area contributed by atoms with Crippen molar-refractivity contribution in [3.05, 3.63) is 66.6 Å². The Hall–Kier alpha value is -1.76. The molecule has 2 rings (SSSR count). The third-order valence-corrected chi connectivity index (χ3v) is 2.22. The lowest BCUT2D eigenvalue weighted by Crippen LogP contribution is -1.87. The predicted octanol–water partition coefficient (Wildman–Crippen LogP) is 3.97. The third kappa shape index (κ3) is 2.38. The van der Waals surface area contributed by atoms with Gasteiger partial charge >= 0.3 is 0 Å². The van der Waals surface area contributed by atoms with E-state index in [1.165, 1.54) is 0 Å². The average Bonchev–Trinajstić information content (AvgIpc) is 2.22. The molecule has 0 heterocycles. The minimum atomic E-state index is 0.830. The minimum Gasteiger partial charge on any atom is -0.457 e. The van der Waals surface area contributed by atoms with Crippen LogP contribution in [0.1, 0.15) is 11.1 Å². The predicted molar refractivity (Wildman–Crippen MR) is 62.2 cm³/mol. The molecular weight excluding hydrogens is 184 g/mol. The Morgan fingerprint density at radius 2 is 1.80 bits per heavy atom. The number of para-hydroxylation sites is 1. The molecular formula is C14H13O. The van der Waals surface area contributed by atoms with Gasteiger partial charge in [0.25, 0.3) is 0 Å². The van der Waals surface area contributed by atoms with Crippen molar-refractivity contribution in [2.24, 2.45) is 0 Å². The third-order valence-electron chi connectivity index (χ3n) is 2.22. The lowest BCUT2D eigenvalue weighted by atomic mass is 10.2.